The molecule has 0 saturated carbocycles. The molecule has 0 spiro atoms. The SMILES string of the molecule is O=C1CCNN1.O=S(O)O.[K+].[c-]1ccccc1. The first kappa shape index (κ1) is 19.7. The summed E-state index contributed by atoms with van der Waals surface area (Å²) in [6.45, 7) is 0.777. The van der Waals surface area contributed by atoms with Gasteiger partial charge in [0.15, 0.2) is 0 Å². The fourth-order valence-corrected chi connectivity index (χ4v) is 0.742. The molecule has 0 bridgehead atoms. The third kappa shape index (κ3) is 18.9. The summed E-state index contributed by atoms with van der Waals surface area (Å²) in [6, 6.07) is 12.5. The molecule has 0 atom stereocenters. The molecule has 0 unspecified atom stereocenters. The minimum atomic E-state index is -2.61. The van der Waals surface area contributed by atoms with Crippen molar-refractivity contribution in [1.29, 1.82) is 0 Å². The van der Waals surface area contributed by atoms with Crippen LogP contribution in [0.1, 0.15) is 6.42 Å². The summed E-state index contributed by atoms with van der Waals surface area (Å²) in [5.41, 5.74) is 5.10. The Kier molecular flexibility index (Phi) is 16.7. The third-order valence-corrected chi connectivity index (χ3v) is 1.31. The normalized spacial score (nSPS) is 12.3. The molecule has 1 heterocycles. The molecule has 6 nitrogen and oxygen atoms in total. The van der Waals surface area contributed by atoms with E-state index in [0.29, 0.717) is 6.42 Å². The first-order chi connectivity index (χ1) is 7.63. The van der Waals surface area contributed by atoms with Gasteiger partial charge in [0.2, 0.25) is 5.91 Å². The maximum atomic E-state index is 10.1. The number of nitrogens with one attached hydrogen (secondary N) is 2. The molecule has 0 radical (unpaired) electrons. The zero-order valence-corrected chi connectivity index (χ0v) is 13.4. The van der Waals surface area contributed by atoms with Crippen LogP contribution >= 0.6 is 0 Å². The first-order valence-corrected chi connectivity index (χ1v) is 5.42. The predicted octanol–water partition coefficient (Wildman–Crippen LogP) is -2.82. The van der Waals surface area contributed by atoms with Crippen molar-refractivity contribution in [2.75, 3.05) is 6.54 Å². The molecule has 1 aromatic carbocycles. The monoisotopic (exact) mass is 284 g/mol. The van der Waals surface area contributed by atoms with Crippen LogP contribution in [0.5, 0.6) is 0 Å². The standard InChI is InChI=1S/C6H5.C3H6N2O.K.H2O3S/c1-2-4-6-5-3-1;6-3-1-2-4-5-3;;1-4(2)3/h1-5H;4H,1-2H2,(H,5,6);;(H2,1,2,3)/q-1;;+1;. The Labute approximate surface area is 145 Å². The Bertz CT molecular complexity index is 274. The van der Waals surface area contributed by atoms with E-state index in [4.69, 9.17) is 13.3 Å². The molecular formula is C9H13KN2O4S. The summed E-state index contributed by atoms with van der Waals surface area (Å²) >= 11 is -2.61. The molecule has 0 aliphatic carbocycles. The van der Waals surface area contributed by atoms with Crippen molar-refractivity contribution in [3.8, 4) is 0 Å². The molecule has 1 amide bonds. The van der Waals surface area contributed by atoms with Crippen LogP contribution in [0.2, 0.25) is 0 Å². The van der Waals surface area contributed by atoms with Gasteiger partial charge >= 0.3 is 51.4 Å². The van der Waals surface area contributed by atoms with E-state index in [1.807, 2.05) is 30.3 Å². The quantitative estimate of drug-likeness (QED) is 0.234. The van der Waals surface area contributed by atoms with Crippen LogP contribution in [0.3, 0.4) is 0 Å². The van der Waals surface area contributed by atoms with E-state index in [2.05, 4.69) is 16.9 Å². The summed E-state index contributed by atoms with van der Waals surface area (Å²) in [7, 11) is 0. The zero-order valence-electron chi connectivity index (χ0n) is 9.42. The molecule has 2 rings (SSSR count). The van der Waals surface area contributed by atoms with Gasteiger partial charge in [-0.2, -0.15) is 40.6 Å². The first-order valence-electron chi connectivity index (χ1n) is 4.35. The van der Waals surface area contributed by atoms with Crippen LogP contribution in [-0.4, -0.2) is 25.8 Å². The predicted molar refractivity (Wildman–Crippen MR) is 59.4 cm³/mol. The number of hydrogen-bond donors (Lipinski definition) is 4. The van der Waals surface area contributed by atoms with Crippen molar-refractivity contribution >= 4 is 17.3 Å². The largest absolute Gasteiger partial charge is 1.00 e. The molecule has 4 N–H and O–H groups in total. The maximum absolute atomic E-state index is 10.1. The van der Waals surface area contributed by atoms with E-state index in [-0.39, 0.29) is 57.3 Å². The number of carbonyl (C=O) groups excluding carboxylic acids is 1. The molecule has 1 saturated heterocycles. The van der Waals surface area contributed by atoms with Gasteiger partial charge in [-0.1, -0.05) is 0 Å². The minimum absolute atomic E-state index is 0. The molecule has 8 heteroatoms. The molecule has 1 aromatic rings. The van der Waals surface area contributed by atoms with Crippen LogP contribution in [0.4, 0.5) is 0 Å². The van der Waals surface area contributed by atoms with Crippen molar-refractivity contribution in [1.82, 2.24) is 10.9 Å². The van der Waals surface area contributed by atoms with Gasteiger partial charge in [0.25, 0.3) is 11.4 Å². The van der Waals surface area contributed by atoms with E-state index < -0.39 is 11.4 Å². The van der Waals surface area contributed by atoms with Crippen LogP contribution in [0.25, 0.3) is 0 Å². The topological polar surface area (TPSA) is 98.7 Å². The van der Waals surface area contributed by atoms with Crippen molar-refractivity contribution in [2.24, 2.45) is 0 Å². The Morgan fingerprint density at radius 1 is 1.24 bits per heavy atom. The molecular weight excluding hydrogens is 271 g/mol. The molecule has 17 heavy (non-hydrogen) atoms. The number of carbonyl (C=O) groups is 1. The van der Waals surface area contributed by atoms with E-state index in [1.165, 1.54) is 0 Å². The maximum Gasteiger partial charge on any atom is 1.00 e. The second-order valence-electron chi connectivity index (χ2n) is 2.53. The molecule has 0 aromatic heterocycles. The average molecular weight is 284 g/mol. The fraction of sp³-hybridized carbons (Fsp3) is 0.222. The van der Waals surface area contributed by atoms with Crippen molar-refractivity contribution in [3.63, 3.8) is 0 Å². The van der Waals surface area contributed by atoms with Gasteiger partial charge in [-0.05, 0) is 0 Å². The number of hydrogen-bond acceptors (Lipinski definition) is 3. The Balaban J connectivity index is 0. The van der Waals surface area contributed by atoms with Crippen LogP contribution < -0.4 is 62.2 Å². The number of rotatable bonds is 0. The minimum Gasteiger partial charge on any atom is -0.292 e. The van der Waals surface area contributed by atoms with Gasteiger partial charge in [-0.25, -0.2) is 5.43 Å². The van der Waals surface area contributed by atoms with Gasteiger partial charge in [0.05, 0.1) is 0 Å². The van der Waals surface area contributed by atoms with Crippen molar-refractivity contribution in [3.05, 3.63) is 36.4 Å². The van der Waals surface area contributed by atoms with Gasteiger partial charge in [-0.15, -0.1) is 0 Å². The van der Waals surface area contributed by atoms with Gasteiger partial charge in [-0.3, -0.25) is 19.3 Å². The molecule has 90 valence electrons. The Morgan fingerprint density at radius 3 is 1.88 bits per heavy atom. The number of benzene rings is 1. The van der Waals surface area contributed by atoms with Crippen LogP contribution in [0, 0.1) is 6.07 Å². The molecule has 1 aliphatic rings. The summed E-state index contributed by atoms with van der Waals surface area (Å²) in [6.07, 6.45) is 0.625. The van der Waals surface area contributed by atoms with Gasteiger partial charge in [0, 0.05) is 13.0 Å². The smallest absolute Gasteiger partial charge is 0.292 e. The zero-order chi connectivity index (χ0) is 12.2. The molecule has 1 aliphatic heterocycles. The van der Waals surface area contributed by atoms with E-state index >= 15 is 0 Å². The summed E-state index contributed by atoms with van der Waals surface area (Å²) < 4.78 is 22.8. The number of amides is 1. The van der Waals surface area contributed by atoms with E-state index in [0.717, 1.165) is 6.54 Å². The Hall–Kier alpha value is 0.356. The number of hydrazine groups is 1. The second-order valence-corrected chi connectivity index (χ2v) is 2.99. The van der Waals surface area contributed by atoms with Crippen LogP contribution in [0.15, 0.2) is 30.3 Å². The summed E-state index contributed by atoms with van der Waals surface area (Å²) in [5.74, 6) is 0.0926. The molecule has 1 fully saturated rings. The van der Waals surface area contributed by atoms with Gasteiger partial charge in [0.1, 0.15) is 0 Å². The Morgan fingerprint density at radius 2 is 1.76 bits per heavy atom. The summed E-state index contributed by atoms with van der Waals surface area (Å²) in [4.78, 5) is 10.1. The van der Waals surface area contributed by atoms with Crippen LogP contribution in [-0.2, 0) is 16.2 Å². The van der Waals surface area contributed by atoms with Gasteiger partial charge < -0.3 is 0 Å². The van der Waals surface area contributed by atoms with E-state index in [1.54, 1.807) is 0 Å². The van der Waals surface area contributed by atoms with Crippen molar-refractivity contribution in [2.45, 2.75) is 6.42 Å². The second kappa shape index (κ2) is 14.4. The van der Waals surface area contributed by atoms with Crippen molar-refractivity contribution < 1.29 is 69.5 Å². The fourth-order valence-electron chi connectivity index (χ4n) is 0.742. The average Bonchev–Trinajstić information content (AvgIpc) is 2.72. The summed E-state index contributed by atoms with van der Waals surface area (Å²) in [5, 5.41) is 0. The van der Waals surface area contributed by atoms with E-state index in [9.17, 15) is 4.79 Å². The third-order valence-electron chi connectivity index (χ3n) is 1.31.